The smallest absolute Gasteiger partial charge is 0.311 e. The molecule has 21 heavy (non-hydrogen) atoms. The van der Waals surface area contributed by atoms with Crippen LogP contribution in [-0.2, 0) is 10.2 Å². The van der Waals surface area contributed by atoms with Gasteiger partial charge in [0.2, 0.25) is 5.75 Å². The highest BCUT2D eigenvalue weighted by atomic mass is 16.6. The van der Waals surface area contributed by atoms with Crippen LogP contribution in [0.4, 0.5) is 5.69 Å². The molecule has 0 aromatic heterocycles. The van der Waals surface area contributed by atoms with Crippen molar-refractivity contribution in [3.8, 4) is 5.75 Å². The number of benzene rings is 1. The van der Waals surface area contributed by atoms with Crippen LogP contribution in [0.1, 0.15) is 43.9 Å². The summed E-state index contributed by atoms with van der Waals surface area (Å²) in [5.41, 5.74) is 1.03. The molecule has 1 aliphatic heterocycles. The number of aliphatic hydroxyl groups is 1. The molecule has 1 aliphatic rings. The Morgan fingerprint density at radius 2 is 2.05 bits per heavy atom. The largest absolute Gasteiger partial charge is 0.490 e. The normalized spacial score (nSPS) is 19.0. The van der Waals surface area contributed by atoms with E-state index in [1.807, 2.05) is 6.07 Å². The number of nitro groups is 1. The first-order valence-electron chi connectivity index (χ1n) is 7.01. The van der Waals surface area contributed by atoms with Gasteiger partial charge in [0, 0.05) is 24.8 Å². The molecule has 0 radical (unpaired) electrons. The van der Waals surface area contributed by atoms with Crippen molar-refractivity contribution in [2.45, 2.75) is 38.2 Å². The first-order valence-corrected chi connectivity index (χ1v) is 7.01. The molecule has 116 valence electrons. The van der Waals surface area contributed by atoms with Gasteiger partial charge in [-0.25, -0.2) is 0 Å². The lowest BCUT2D eigenvalue weighted by atomic mass is 9.75. The number of nitrogens with zero attached hydrogens (tertiary/aromatic N) is 1. The molecule has 0 bridgehead atoms. The van der Waals surface area contributed by atoms with Crippen LogP contribution in [0.25, 0.3) is 0 Å². The van der Waals surface area contributed by atoms with E-state index < -0.39 is 11.0 Å². The van der Waals surface area contributed by atoms with Gasteiger partial charge in [-0.2, -0.15) is 0 Å². The maximum Gasteiger partial charge on any atom is 0.311 e. The minimum absolute atomic E-state index is 0.0985. The highest BCUT2D eigenvalue weighted by molar-refractivity contribution is 5.56. The average Bonchev–Trinajstić information content (AvgIpc) is 2.46. The van der Waals surface area contributed by atoms with Gasteiger partial charge in [0.05, 0.1) is 18.1 Å². The number of methoxy groups -OCH3 is 1. The van der Waals surface area contributed by atoms with E-state index in [4.69, 9.17) is 9.47 Å². The molecule has 6 nitrogen and oxygen atoms in total. The summed E-state index contributed by atoms with van der Waals surface area (Å²) in [6.07, 6.45) is 0.771. The number of rotatable bonds is 4. The average molecular weight is 295 g/mol. The molecule has 0 spiro atoms. The minimum atomic E-state index is -0.831. The quantitative estimate of drug-likeness (QED) is 0.682. The first kappa shape index (κ1) is 15.7. The summed E-state index contributed by atoms with van der Waals surface area (Å²) in [7, 11) is 1.38. The number of nitro benzene ring substituents is 1. The molecular weight excluding hydrogens is 274 g/mol. The van der Waals surface area contributed by atoms with E-state index in [-0.39, 0.29) is 16.9 Å². The summed E-state index contributed by atoms with van der Waals surface area (Å²) in [6, 6.07) is 3.39. The van der Waals surface area contributed by atoms with E-state index in [0.29, 0.717) is 18.8 Å². The van der Waals surface area contributed by atoms with Crippen molar-refractivity contribution in [3.63, 3.8) is 0 Å². The van der Waals surface area contributed by atoms with Crippen LogP contribution in [0.15, 0.2) is 12.1 Å². The lowest BCUT2D eigenvalue weighted by Gasteiger charge is -2.34. The van der Waals surface area contributed by atoms with Crippen molar-refractivity contribution in [2.24, 2.45) is 0 Å². The molecule has 0 amide bonds. The van der Waals surface area contributed by atoms with Crippen molar-refractivity contribution < 1.29 is 19.5 Å². The molecule has 1 saturated heterocycles. The lowest BCUT2D eigenvalue weighted by molar-refractivity contribution is -0.386. The van der Waals surface area contributed by atoms with Crippen molar-refractivity contribution >= 4 is 5.69 Å². The fourth-order valence-electron chi connectivity index (χ4n) is 2.76. The van der Waals surface area contributed by atoms with Crippen LogP contribution in [0.5, 0.6) is 5.75 Å². The maximum atomic E-state index is 11.3. The summed E-state index contributed by atoms with van der Waals surface area (Å²) < 4.78 is 10.5. The van der Waals surface area contributed by atoms with Crippen molar-refractivity contribution in [2.75, 3.05) is 20.3 Å². The zero-order valence-corrected chi connectivity index (χ0v) is 12.6. The lowest BCUT2D eigenvalue weighted by Crippen LogP contribution is -2.31. The highest BCUT2D eigenvalue weighted by Gasteiger charge is 2.33. The fourth-order valence-corrected chi connectivity index (χ4v) is 2.76. The molecule has 0 saturated carbocycles. The van der Waals surface area contributed by atoms with Crippen LogP contribution >= 0.6 is 0 Å². The molecule has 0 aliphatic carbocycles. The van der Waals surface area contributed by atoms with Crippen LogP contribution in [0.3, 0.4) is 0 Å². The van der Waals surface area contributed by atoms with Crippen molar-refractivity contribution in [1.29, 1.82) is 0 Å². The van der Waals surface area contributed by atoms with Crippen LogP contribution in [0, 0.1) is 10.1 Å². The minimum Gasteiger partial charge on any atom is -0.490 e. The molecule has 1 fully saturated rings. The molecule has 1 unspecified atom stereocenters. The third-order valence-electron chi connectivity index (χ3n) is 4.24. The van der Waals surface area contributed by atoms with Gasteiger partial charge >= 0.3 is 5.69 Å². The second-order valence-corrected chi connectivity index (χ2v) is 5.72. The standard InChI is InChI=1S/C15H21NO5/c1-10(17)12-8-11(15(2)4-6-21-7-5-15)9-13(16(18)19)14(12)20-3/h8-10,17H,4-7H2,1-3H3. The van der Waals surface area contributed by atoms with Gasteiger partial charge in [0.25, 0.3) is 0 Å². The van der Waals surface area contributed by atoms with Gasteiger partial charge in [0.15, 0.2) is 0 Å². The Morgan fingerprint density at radius 1 is 1.43 bits per heavy atom. The van der Waals surface area contributed by atoms with E-state index in [2.05, 4.69) is 6.92 Å². The van der Waals surface area contributed by atoms with E-state index in [1.54, 1.807) is 13.0 Å². The molecule has 6 heteroatoms. The van der Waals surface area contributed by atoms with E-state index >= 15 is 0 Å². The molecule has 2 rings (SSSR count). The summed E-state index contributed by atoms with van der Waals surface area (Å²) in [6.45, 7) is 4.94. The van der Waals surface area contributed by atoms with E-state index in [9.17, 15) is 15.2 Å². The predicted molar refractivity (Wildman–Crippen MR) is 77.7 cm³/mol. The van der Waals surface area contributed by atoms with Gasteiger partial charge in [-0.05, 0) is 36.8 Å². The van der Waals surface area contributed by atoms with Gasteiger partial charge in [-0.1, -0.05) is 6.92 Å². The third-order valence-corrected chi connectivity index (χ3v) is 4.24. The maximum absolute atomic E-state index is 11.3. The Labute approximate surface area is 123 Å². The summed E-state index contributed by atoms with van der Waals surface area (Å²) >= 11 is 0. The molecular formula is C15H21NO5. The number of hydrogen-bond acceptors (Lipinski definition) is 5. The van der Waals surface area contributed by atoms with Crippen molar-refractivity contribution in [3.05, 3.63) is 33.4 Å². The zero-order valence-electron chi connectivity index (χ0n) is 12.6. The Bertz CT molecular complexity index is 535. The Hall–Kier alpha value is -1.66. The second kappa shape index (κ2) is 5.99. The SMILES string of the molecule is COc1c(C(C)O)cc(C2(C)CCOCC2)cc1[N+](=O)[O-]. The number of ether oxygens (including phenoxy) is 2. The molecule has 1 heterocycles. The Morgan fingerprint density at radius 3 is 2.52 bits per heavy atom. The van der Waals surface area contributed by atoms with Gasteiger partial charge < -0.3 is 14.6 Å². The van der Waals surface area contributed by atoms with Gasteiger partial charge in [-0.15, -0.1) is 0 Å². The summed E-state index contributed by atoms with van der Waals surface area (Å²) in [5.74, 6) is 0.134. The number of aliphatic hydroxyl groups excluding tert-OH is 1. The first-order chi connectivity index (χ1) is 9.89. The van der Waals surface area contributed by atoms with E-state index in [0.717, 1.165) is 18.4 Å². The van der Waals surface area contributed by atoms with Crippen LogP contribution in [0.2, 0.25) is 0 Å². The van der Waals surface area contributed by atoms with Gasteiger partial charge in [-0.3, -0.25) is 10.1 Å². The molecule has 1 N–H and O–H groups in total. The monoisotopic (exact) mass is 295 g/mol. The number of hydrogen-bond donors (Lipinski definition) is 1. The zero-order chi connectivity index (χ0) is 15.6. The Balaban J connectivity index is 2.59. The second-order valence-electron chi connectivity index (χ2n) is 5.72. The van der Waals surface area contributed by atoms with Crippen LogP contribution < -0.4 is 4.74 Å². The molecule has 1 aromatic rings. The molecule has 1 aromatic carbocycles. The summed E-state index contributed by atoms with van der Waals surface area (Å²) in [5, 5.41) is 21.2. The topological polar surface area (TPSA) is 81.8 Å². The van der Waals surface area contributed by atoms with Crippen LogP contribution in [-0.4, -0.2) is 30.4 Å². The molecule has 1 atom stereocenters. The van der Waals surface area contributed by atoms with Crippen molar-refractivity contribution in [1.82, 2.24) is 0 Å². The fraction of sp³-hybridized carbons (Fsp3) is 0.600. The third kappa shape index (κ3) is 3.01. The van der Waals surface area contributed by atoms with E-state index in [1.165, 1.54) is 7.11 Å². The van der Waals surface area contributed by atoms with Gasteiger partial charge in [0.1, 0.15) is 0 Å². The predicted octanol–water partition coefficient (Wildman–Crippen LogP) is 2.72. The summed E-state index contributed by atoms with van der Waals surface area (Å²) in [4.78, 5) is 10.9. The highest BCUT2D eigenvalue weighted by Crippen LogP contribution is 2.42. The Kier molecular flexibility index (Phi) is 4.49.